The van der Waals surface area contributed by atoms with Gasteiger partial charge in [-0.25, -0.2) is 0 Å². The molecule has 0 fully saturated rings. The SMILES string of the molecule is CCCCOc1cccc([C@@H](C)NCCCc2ccccc2Cl)c1. The first-order chi connectivity index (χ1) is 11.7. The number of benzene rings is 2. The highest BCUT2D eigenvalue weighted by Gasteiger charge is 2.06. The predicted molar refractivity (Wildman–Crippen MR) is 103 cm³/mol. The van der Waals surface area contributed by atoms with Gasteiger partial charge in [-0.05, 0) is 62.1 Å². The summed E-state index contributed by atoms with van der Waals surface area (Å²) >= 11 is 6.20. The topological polar surface area (TPSA) is 21.3 Å². The average Bonchev–Trinajstić information content (AvgIpc) is 2.60. The molecular formula is C21H28ClNO. The van der Waals surface area contributed by atoms with Crippen LogP contribution < -0.4 is 10.1 Å². The summed E-state index contributed by atoms with van der Waals surface area (Å²) in [6, 6.07) is 16.8. The van der Waals surface area contributed by atoms with Crippen molar-refractivity contribution in [3.63, 3.8) is 0 Å². The van der Waals surface area contributed by atoms with E-state index in [0.717, 1.165) is 49.6 Å². The van der Waals surface area contributed by atoms with E-state index in [4.69, 9.17) is 16.3 Å². The van der Waals surface area contributed by atoms with E-state index in [9.17, 15) is 0 Å². The van der Waals surface area contributed by atoms with Crippen molar-refractivity contribution >= 4 is 11.6 Å². The molecule has 0 aromatic heterocycles. The molecule has 130 valence electrons. The number of hydrogen-bond acceptors (Lipinski definition) is 2. The van der Waals surface area contributed by atoms with Crippen molar-refractivity contribution in [2.24, 2.45) is 0 Å². The zero-order valence-corrected chi connectivity index (χ0v) is 15.5. The van der Waals surface area contributed by atoms with Gasteiger partial charge in [-0.3, -0.25) is 0 Å². The van der Waals surface area contributed by atoms with Crippen LogP contribution in [-0.2, 0) is 6.42 Å². The highest BCUT2D eigenvalue weighted by Crippen LogP contribution is 2.20. The van der Waals surface area contributed by atoms with E-state index in [1.165, 1.54) is 11.1 Å². The molecule has 2 rings (SSSR count). The lowest BCUT2D eigenvalue weighted by Gasteiger charge is -2.16. The molecule has 0 aliphatic carbocycles. The third kappa shape index (κ3) is 6.18. The molecule has 0 bridgehead atoms. The lowest BCUT2D eigenvalue weighted by atomic mass is 10.1. The van der Waals surface area contributed by atoms with Crippen LogP contribution in [0.2, 0.25) is 5.02 Å². The highest BCUT2D eigenvalue weighted by molar-refractivity contribution is 6.31. The molecule has 2 aromatic rings. The molecule has 2 nitrogen and oxygen atoms in total. The minimum absolute atomic E-state index is 0.311. The van der Waals surface area contributed by atoms with Crippen LogP contribution in [0.3, 0.4) is 0 Å². The summed E-state index contributed by atoms with van der Waals surface area (Å²) in [5.41, 5.74) is 2.49. The first kappa shape index (κ1) is 18.8. The van der Waals surface area contributed by atoms with Crippen LogP contribution in [0.4, 0.5) is 0 Å². The molecule has 0 aliphatic heterocycles. The van der Waals surface area contributed by atoms with Gasteiger partial charge in [-0.2, -0.15) is 0 Å². The molecule has 0 heterocycles. The van der Waals surface area contributed by atoms with Gasteiger partial charge in [0.25, 0.3) is 0 Å². The van der Waals surface area contributed by atoms with Crippen LogP contribution in [0.15, 0.2) is 48.5 Å². The van der Waals surface area contributed by atoms with E-state index in [1.807, 2.05) is 24.3 Å². The van der Waals surface area contributed by atoms with Gasteiger partial charge in [-0.1, -0.05) is 55.3 Å². The summed E-state index contributed by atoms with van der Waals surface area (Å²) in [5, 5.41) is 4.45. The molecule has 1 N–H and O–H groups in total. The van der Waals surface area contributed by atoms with E-state index in [2.05, 4.69) is 43.4 Å². The summed E-state index contributed by atoms with van der Waals surface area (Å²) in [5.74, 6) is 0.964. The number of rotatable bonds is 10. The molecule has 3 heteroatoms. The predicted octanol–water partition coefficient (Wildman–Crippen LogP) is 5.80. The number of ether oxygens (including phenoxy) is 1. The second-order valence-corrected chi connectivity index (χ2v) is 6.55. The fourth-order valence-electron chi connectivity index (χ4n) is 2.62. The molecule has 24 heavy (non-hydrogen) atoms. The Hall–Kier alpha value is -1.51. The van der Waals surface area contributed by atoms with Crippen LogP contribution in [0.5, 0.6) is 5.75 Å². The second-order valence-electron chi connectivity index (χ2n) is 6.15. The summed E-state index contributed by atoms with van der Waals surface area (Å²) < 4.78 is 5.79. The lowest BCUT2D eigenvalue weighted by molar-refractivity contribution is 0.309. The van der Waals surface area contributed by atoms with E-state index in [0.29, 0.717) is 6.04 Å². The molecule has 0 unspecified atom stereocenters. The molecular weight excluding hydrogens is 318 g/mol. The Labute approximate surface area is 151 Å². The van der Waals surface area contributed by atoms with Crippen molar-refractivity contribution in [1.82, 2.24) is 5.32 Å². The standard InChI is InChI=1S/C21H28ClNO/c1-3-4-15-24-20-12-7-10-19(16-20)17(2)23-14-8-11-18-9-5-6-13-21(18)22/h5-7,9-10,12-13,16-17,23H,3-4,8,11,14-15H2,1-2H3/t17-/m1/s1. The summed E-state index contributed by atoms with van der Waals surface area (Å²) in [6.07, 6.45) is 4.32. The van der Waals surface area contributed by atoms with Crippen molar-refractivity contribution in [2.45, 2.75) is 45.6 Å². The number of nitrogens with one attached hydrogen (secondary N) is 1. The monoisotopic (exact) mass is 345 g/mol. The number of unbranched alkanes of at least 4 members (excludes halogenated alkanes) is 1. The lowest BCUT2D eigenvalue weighted by Crippen LogP contribution is -2.20. The minimum atomic E-state index is 0.311. The molecule has 0 saturated heterocycles. The number of aryl methyl sites for hydroxylation is 1. The van der Waals surface area contributed by atoms with Gasteiger partial charge in [-0.15, -0.1) is 0 Å². The third-order valence-corrected chi connectivity index (χ3v) is 4.52. The van der Waals surface area contributed by atoms with Crippen molar-refractivity contribution < 1.29 is 4.74 Å². The maximum atomic E-state index is 6.20. The van der Waals surface area contributed by atoms with Crippen molar-refractivity contribution in [2.75, 3.05) is 13.2 Å². The Morgan fingerprint density at radius 3 is 2.71 bits per heavy atom. The van der Waals surface area contributed by atoms with E-state index in [1.54, 1.807) is 0 Å². The van der Waals surface area contributed by atoms with Crippen LogP contribution in [0.1, 0.15) is 50.3 Å². The van der Waals surface area contributed by atoms with Crippen LogP contribution in [0.25, 0.3) is 0 Å². The number of halogens is 1. The summed E-state index contributed by atoms with van der Waals surface area (Å²) in [6.45, 7) is 6.13. The molecule has 0 amide bonds. The van der Waals surface area contributed by atoms with Crippen molar-refractivity contribution in [3.05, 3.63) is 64.7 Å². The Kier molecular flexibility index (Phi) is 8.14. The number of hydrogen-bond donors (Lipinski definition) is 1. The second kappa shape index (κ2) is 10.4. The molecule has 0 saturated carbocycles. The third-order valence-electron chi connectivity index (χ3n) is 4.16. The van der Waals surface area contributed by atoms with Crippen molar-refractivity contribution in [3.8, 4) is 5.75 Å². The van der Waals surface area contributed by atoms with E-state index >= 15 is 0 Å². The zero-order chi connectivity index (χ0) is 17.2. The quantitative estimate of drug-likeness (QED) is 0.549. The minimum Gasteiger partial charge on any atom is -0.494 e. The Morgan fingerprint density at radius 1 is 1.08 bits per heavy atom. The first-order valence-corrected chi connectivity index (χ1v) is 9.28. The highest BCUT2D eigenvalue weighted by atomic mass is 35.5. The summed E-state index contributed by atoms with van der Waals surface area (Å²) in [7, 11) is 0. The fourth-order valence-corrected chi connectivity index (χ4v) is 2.85. The normalized spacial score (nSPS) is 12.1. The maximum Gasteiger partial charge on any atom is 0.119 e. The molecule has 0 radical (unpaired) electrons. The average molecular weight is 346 g/mol. The molecule has 2 aromatic carbocycles. The molecule has 0 spiro atoms. The van der Waals surface area contributed by atoms with Crippen LogP contribution >= 0.6 is 11.6 Å². The smallest absolute Gasteiger partial charge is 0.119 e. The van der Waals surface area contributed by atoms with Gasteiger partial charge < -0.3 is 10.1 Å². The molecule has 1 atom stereocenters. The summed E-state index contributed by atoms with van der Waals surface area (Å²) in [4.78, 5) is 0. The van der Waals surface area contributed by atoms with Gasteiger partial charge in [0.15, 0.2) is 0 Å². The van der Waals surface area contributed by atoms with Gasteiger partial charge in [0.05, 0.1) is 6.61 Å². The Balaban J connectivity index is 1.76. The van der Waals surface area contributed by atoms with Crippen LogP contribution in [-0.4, -0.2) is 13.2 Å². The van der Waals surface area contributed by atoms with Gasteiger partial charge >= 0.3 is 0 Å². The molecule has 0 aliphatic rings. The fraction of sp³-hybridized carbons (Fsp3) is 0.429. The Morgan fingerprint density at radius 2 is 1.92 bits per heavy atom. The van der Waals surface area contributed by atoms with Crippen LogP contribution in [0, 0.1) is 0 Å². The van der Waals surface area contributed by atoms with Gasteiger partial charge in [0.2, 0.25) is 0 Å². The Bertz CT molecular complexity index is 614. The van der Waals surface area contributed by atoms with E-state index in [-0.39, 0.29) is 0 Å². The van der Waals surface area contributed by atoms with E-state index < -0.39 is 0 Å². The van der Waals surface area contributed by atoms with Crippen molar-refractivity contribution in [1.29, 1.82) is 0 Å². The maximum absolute atomic E-state index is 6.20. The first-order valence-electron chi connectivity index (χ1n) is 8.90. The largest absolute Gasteiger partial charge is 0.494 e. The zero-order valence-electron chi connectivity index (χ0n) is 14.7. The van der Waals surface area contributed by atoms with Gasteiger partial charge in [0, 0.05) is 11.1 Å². The van der Waals surface area contributed by atoms with Gasteiger partial charge in [0.1, 0.15) is 5.75 Å².